The molecule has 21 heavy (non-hydrogen) atoms. The van der Waals surface area contributed by atoms with Gasteiger partial charge in [-0.3, -0.25) is 14.8 Å². The van der Waals surface area contributed by atoms with Crippen LogP contribution in [0.15, 0.2) is 18.7 Å². The minimum atomic E-state index is -0.601. The van der Waals surface area contributed by atoms with Gasteiger partial charge in [-0.2, -0.15) is 10.1 Å². The molecular weight excluding hydrogens is 280 g/mol. The largest absolute Gasteiger partial charge is 0.476 e. The Morgan fingerprint density at radius 1 is 1.43 bits per heavy atom. The topological polar surface area (TPSA) is 117 Å². The molecule has 0 fully saturated rings. The van der Waals surface area contributed by atoms with E-state index in [9.17, 15) is 10.1 Å². The van der Waals surface area contributed by atoms with Crippen LogP contribution in [-0.4, -0.2) is 45.5 Å². The minimum absolute atomic E-state index is 0.0399. The summed E-state index contributed by atoms with van der Waals surface area (Å²) in [6.07, 6.45) is 4.41. The monoisotopic (exact) mass is 294 g/mol. The van der Waals surface area contributed by atoms with Gasteiger partial charge in [0.25, 0.3) is 5.88 Å². The Kier molecular flexibility index (Phi) is 4.61. The first-order valence-corrected chi connectivity index (χ1v) is 5.97. The number of nitrogens with one attached hydrogen (secondary N) is 1. The summed E-state index contributed by atoms with van der Waals surface area (Å²) in [5, 5.41) is 18.0. The van der Waals surface area contributed by atoms with Gasteiger partial charge in [-0.05, 0) is 0 Å². The summed E-state index contributed by atoms with van der Waals surface area (Å²) in [4.78, 5) is 18.1. The quantitative estimate of drug-likeness (QED) is 0.593. The highest BCUT2D eigenvalue weighted by Gasteiger charge is 2.24. The molecule has 0 amide bonds. The van der Waals surface area contributed by atoms with E-state index in [1.807, 2.05) is 0 Å². The molecule has 0 spiro atoms. The SMILES string of the molecule is COCCn1cc(Nc2ncnc(OC)c2[N+](=O)[O-])cn1. The van der Waals surface area contributed by atoms with E-state index < -0.39 is 4.92 Å². The van der Waals surface area contributed by atoms with E-state index in [1.165, 1.54) is 19.6 Å². The maximum Gasteiger partial charge on any atom is 0.373 e. The van der Waals surface area contributed by atoms with Crippen molar-refractivity contribution in [1.29, 1.82) is 0 Å². The maximum absolute atomic E-state index is 11.1. The van der Waals surface area contributed by atoms with Crippen molar-refractivity contribution in [3.63, 3.8) is 0 Å². The molecule has 1 N–H and O–H groups in total. The van der Waals surface area contributed by atoms with Crippen LogP contribution in [0.2, 0.25) is 0 Å². The second kappa shape index (κ2) is 6.61. The molecule has 0 aromatic carbocycles. The fourth-order valence-electron chi connectivity index (χ4n) is 1.64. The third-order valence-electron chi connectivity index (χ3n) is 2.59. The molecule has 112 valence electrons. The van der Waals surface area contributed by atoms with Crippen LogP contribution in [0.1, 0.15) is 0 Å². The normalized spacial score (nSPS) is 10.4. The summed E-state index contributed by atoms with van der Waals surface area (Å²) in [7, 11) is 2.90. The molecule has 0 saturated carbocycles. The molecular formula is C11H14N6O4. The Balaban J connectivity index is 2.23. The van der Waals surface area contributed by atoms with E-state index in [0.29, 0.717) is 18.8 Å². The molecule has 0 aliphatic rings. The number of anilines is 2. The number of methoxy groups -OCH3 is 2. The summed E-state index contributed by atoms with van der Waals surface area (Å²) >= 11 is 0. The molecule has 0 unspecified atom stereocenters. The van der Waals surface area contributed by atoms with Crippen molar-refractivity contribution in [2.24, 2.45) is 0 Å². The zero-order valence-electron chi connectivity index (χ0n) is 11.5. The van der Waals surface area contributed by atoms with Crippen LogP contribution in [0.5, 0.6) is 5.88 Å². The van der Waals surface area contributed by atoms with Gasteiger partial charge in [0.05, 0.1) is 37.1 Å². The van der Waals surface area contributed by atoms with Crippen LogP contribution < -0.4 is 10.1 Å². The highest BCUT2D eigenvalue weighted by molar-refractivity contribution is 5.67. The number of ether oxygens (including phenoxy) is 2. The molecule has 0 saturated heterocycles. The second-order valence-corrected chi connectivity index (χ2v) is 3.95. The van der Waals surface area contributed by atoms with Gasteiger partial charge in [0, 0.05) is 13.3 Å². The van der Waals surface area contributed by atoms with Crippen molar-refractivity contribution in [2.45, 2.75) is 6.54 Å². The van der Waals surface area contributed by atoms with Crippen LogP contribution in [-0.2, 0) is 11.3 Å². The van der Waals surface area contributed by atoms with Gasteiger partial charge >= 0.3 is 5.69 Å². The smallest absolute Gasteiger partial charge is 0.373 e. The van der Waals surface area contributed by atoms with E-state index >= 15 is 0 Å². The van der Waals surface area contributed by atoms with Crippen molar-refractivity contribution in [2.75, 3.05) is 26.1 Å². The molecule has 10 nitrogen and oxygen atoms in total. The lowest BCUT2D eigenvalue weighted by molar-refractivity contribution is -0.385. The highest BCUT2D eigenvalue weighted by atomic mass is 16.6. The average molecular weight is 294 g/mol. The van der Waals surface area contributed by atoms with Gasteiger partial charge in [0.15, 0.2) is 0 Å². The van der Waals surface area contributed by atoms with Crippen LogP contribution >= 0.6 is 0 Å². The fraction of sp³-hybridized carbons (Fsp3) is 0.364. The molecule has 0 radical (unpaired) electrons. The van der Waals surface area contributed by atoms with E-state index in [1.54, 1.807) is 18.0 Å². The molecule has 10 heteroatoms. The van der Waals surface area contributed by atoms with Crippen LogP contribution in [0.3, 0.4) is 0 Å². The van der Waals surface area contributed by atoms with Gasteiger partial charge in [0.2, 0.25) is 5.82 Å². The number of nitrogens with zero attached hydrogens (tertiary/aromatic N) is 5. The predicted molar refractivity (Wildman–Crippen MR) is 72.6 cm³/mol. The van der Waals surface area contributed by atoms with Crippen LogP contribution in [0.4, 0.5) is 17.2 Å². The molecule has 0 aliphatic heterocycles. The zero-order chi connectivity index (χ0) is 15.2. The van der Waals surface area contributed by atoms with E-state index in [0.717, 1.165) is 0 Å². The maximum atomic E-state index is 11.1. The first-order chi connectivity index (χ1) is 10.2. The third-order valence-corrected chi connectivity index (χ3v) is 2.59. The van der Waals surface area contributed by atoms with E-state index in [-0.39, 0.29) is 17.4 Å². The minimum Gasteiger partial charge on any atom is -0.476 e. The third kappa shape index (κ3) is 3.42. The molecule has 0 aliphatic carbocycles. The predicted octanol–water partition coefficient (Wildman–Crippen LogP) is 0.980. The molecule has 2 aromatic rings. The molecule has 2 heterocycles. The second-order valence-electron chi connectivity index (χ2n) is 3.95. The van der Waals surface area contributed by atoms with Crippen LogP contribution in [0.25, 0.3) is 0 Å². The highest BCUT2D eigenvalue weighted by Crippen LogP contribution is 2.32. The molecule has 2 aromatic heterocycles. The van der Waals surface area contributed by atoms with E-state index in [4.69, 9.17) is 9.47 Å². The first-order valence-electron chi connectivity index (χ1n) is 5.97. The standard InChI is InChI=1S/C11H14N6O4/c1-20-4-3-16-6-8(5-14-16)15-10-9(17(18)19)11(21-2)13-7-12-10/h5-7H,3-4H2,1-2H3,(H,12,13,15). The van der Waals surface area contributed by atoms with Crippen LogP contribution in [0, 0.1) is 10.1 Å². The van der Waals surface area contributed by atoms with Gasteiger partial charge in [0.1, 0.15) is 6.33 Å². The van der Waals surface area contributed by atoms with Crippen molar-refractivity contribution in [1.82, 2.24) is 19.7 Å². The van der Waals surface area contributed by atoms with E-state index in [2.05, 4.69) is 20.4 Å². The Hall–Kier alpha value is -2.75. The van der Waals surface area contributed by atoms with Crippen molar-refractivity contribution in [3.05, 3.63) is 28.8 Å². The van der Waals surface area contributed by atoms with Crippen molar-refractivity contribution >= 4 is 17.2 Å². The average Bonchev–Trinajstić information content (AvgIpc) is 2.92. The zero-order valence-corrected chi connectivity index (χ0v) is 11.5. The summed E-state index contributed by atoms with van der Waals surface area (Å²) in [6, 6.07) is 0. The van der Waals surface area contributed by atoms with Gasteiger partial charge in [-0.1, -0.05) is 0 Å². The lowest BCUT2D eigenvalue weighted by atomic mass is 10.4. The van der Waals surface area contributed by atoms with Crippen molar-refractivity contribution in [3.8, 4) is 5.88 Å². The number of nitro groups is 1. The number of hydrogen-bond donors (Lipinski definition) is 1. The number of rotatable bonds is 7. The Labute approximate surface area is 119 Å². The Bertz CT molecular complexity index is 629. The summed E-state index contributed by atoms with van der Waals surface area (Å²) in [5.74, 6) is -0.0672. The molecule has 0 bridgehead atoms. The number of aromatic nitrogens is 4. The molecule has 0 atom stereocenters. The summed E-state index contributed by atoms with van der Waals surface area (Å²) in [6.45, 7) is 1.09. The summed E-state index contributed by atoms with van der Waals surface area (Å²) < 4.78 is 11.5. The van der Waals surface area contributed by atoms with Gasteiger partial charge in [-0.25, -0.2) is 4.98 Å². The first kappa shape index (κ1) is 14.7. The Morgan fingerprint density at radius 3 is 2.90 bits per heavy atom. The van der Waals surface area contributed by atoms with Gasteiger partial charge < -0.3 is 14.8 Å². The lowest BCUT2D eigenvalue weighted by Crippen LogP contribution is -2.04. The van der Waals surface area contributed by atoms with Gasteiger partial charge in [-0.15, -0.1) is 0 Å². The molecule has 2 rings (SSSR count). The number of hydrogen-bond acceptors (Lipinski definition) is 8. The van der Waals surface area contributed by atoms with Crippen molar-refractivity contribution < 1.29 is 14.4 Å². The Morgan fingerprint density at radius 2 is 2.24 bits per heavy atom. The lowest BCUT2D eigenvalue weighted by Gasteiger charge is -2.05. The fourth-order valence-corrected chi connectivity index (χ4v) is 1.64. The summed E-state index contributed by atoms with van der Waals surface area (Å²) in [5.41, 5.74) is 0.236.